The van der Waals surface area contributed by atoms with Crippen LogP contribution in [0, 0.1) is 5.82 Å². The molecule has 0 aliphatic heterocycles. The number of ether oxygens (including phenoxy) is 1. The lowest BCUT2D eigenvalue weighted by atomic mass is 10.2. The van der Waals surface area contributed by atoms with Crippen molar-refractivity contribution < 1.29 is 13.9 Å². The van der Waals surface area contributed by atoms with E-state index in [4.69, 9.17) is 4.74 Å². The van der Waals surface area contributed by atoms with Gasteiger partial charge in [0.05, 0.1) is 0 Å². The molecule has 0 bridgehead atoms. The molecule has 1 aromatic carbocycles. The number of nitrogens with one attached hydrogen (secondary N) is 1. The van der Waals surface area contributed by atoms with Gasteiger partial charge in [-0.3, -0.25) is 4.79 Å². The van der Waals surface area contributed by atoms with Crippen LogP contribution in [0.25, 0.3) is 0 Å². The van der Waals surface area contributed by atoms with E-state index in [1.54, 1.807) is 12.1 Å². The number of hydrogen-bond donors (Lipinski definition) is 1. The van der Waals surface area contributed by atoms with Gasteiger partial charge in [0.2, 0.25) is 0 Å². The summed E-state index contributed by atoms with van der Waals surface area (Å²) >= 11 is 0. The van der Waals surface area contributed by atoms with Gasteiger partial charge in [0, 0.05) is 6.54 Å². The Morgan fingerprint density at radius 1 is 1.39 bits per heavy atom. The van der Waals surface area contributed by atoms with E-state index in [1.165, 1.54) is 12.1 Å². The van der Waals surface area contributed by atoms with Crippen molar-refractivity contribution in [2.75, 3.05) is 6.54 Å². The van der Waals surface area contributed by atoms with Crippen LogP contribution in [0.4, 0.5) is 4.39 Å². The van der Waals surface area contributed by atoms with Crippen molar-refractivity contribution in [2.24, 2.45) is 0 Å². The van der Waals surface area contributed by atoms with Crippen LogP contribution >= 0.6 is 0 Å². The summed E-state index contributed by atoms with van der Waals surface area (Å²) in [4.78, 5) is 11.8. The number of para-hydroxylation sites is 1. The van der Waals surface area contributed by atoms with Crippen molar-refractivity contribution in [3.63, 3.8) is 0 Å². The highest BCUT2D eigenvalue weighted by Crippen LogP contribution is 2.18. The van der Waals surface area contributed by atoms with Gasteiger partial charge in [-0.2, -0.15) is 0 Å². The summed E-state index contributed by atoms with van der Waals surface area (Å²) < 4.78 is 18.8. The molecule has 0 heterocycles. The molecule has 0 radical (unpaired) electrons. The zero-order valence-corrected chi connectivity index (χ0v) is 10.9. The van der Waals surface area contributed by atoms with Gasteiger partial charge < -0.3 is 10.1 Å². The van der Waals surface area contributed by atoms with E-state index >= 15 is 0 Å². The first-order chi connectivity index (χ1) is 8.69. The summed E-state index contributed by atoms with van der Waals surface area (Å²) in [5, 5.41) is 2.79. The largest absolute Gasteiger partial charge is 0.478 e. The standard InChI is InChI=1S/C14H20FNO2/c1-3-5-10-16-14(17)12(4-2)18-13-9-7-6-8-11(13)15/h6-9,12H,3-5,10H2,1-2H3,(H,16,17)/t12-/m1/s1. The van der Waals surface area contributed by atoms with Crippen LogP contribution in [-0.4, -0.2) is 18.6 Å². The molecule has 100 valence electrons. The average molecular weight is 253 g/mol. The molecule has 18 heavy (non-hydrogen) atoms. The molecular weight excluding hydrogens is 233 g/mol. The Morgan fingerprint density at radius 3 is 2.72 bits per heavy atom. The molecule has 0 saturated carbocycles. The second-order valence-electron chi connectivity index (χ2n) is 4.09. The van der Waals surface area contributed by atoms with Crippen LogP contribution in [0.5, 0.6) is 5.75 Å². The molecule has 0 fully saturated rings. The topological polar surface area (TPSA) is 38.3 Å². The van der Waals surface area contributed by atoms with E-state index in [0.29, 0.717) is 13.0 Å². The van der Waals surface area contributed by atoms with Gasteiger partial charge in [-0.25, -0.2) is 4.39 Å². The Hall–Kier alpha value is -1.58. The Kier molecular flexibility index (Phi) is 6.19. The van der Waals surface area contributed by atoms with Crippen LogP contribution in [0.1, 0.15) is 33.1 Å². The van der Waals surface area contributed by atoms with E-state index in [2.05, 4.69) is 12.2 Å². The van der Waals surface area contributed by atoms with Crippen LogP contribution in [0.2, 0.25) is 0 Å². The van der Waals surface area contributed by atoms with E-state index in [0.717, 1.165) is 12.8 Å². The fourth-order valence-corrected chi connectivity index (χ4v) is 1.52. The van der Waals surface area contributed by atoms with Gasteiger partial charge in [-0.15, -0.1) is 0 Å². The lowest BCUT2D eigenvalue weighted by molar-refractivity contribution is -0.128. The predicted molar refractivity (Wildman–Crippen MR) is 69.0 cm³/mol. The average Bonchev–Trinajstić information content (AvgIpc) is 2.38. The molecular formula is C14H20FNO2. The number of amides is 1. The van der Waals surface area contributed by atoms with Crippen molar-refractivity contribution in [2.45, 2.75) is 39.2 Å². The van der Waals surface area contributed by atoms with Crippen molar-refractivity contribution in [1.82, 2.24) is 5.32 Å². The number of benzene rings is 1. The quantitative estimate of drug-likeness (QED) is 0.759. The minimum Gasteiger partial charge on any atom is -0.478 e. The third kappa shape index (κ3) is 4.35. The summed E-state index contributed by atoms with van der Waals surface area (Å²) in [5.41, 5.74) is 0. The molecule has 0 aliphatic carbocycles. The molecule has 4 heteroatoms. The van der Waals surface area contributed by atoms with E-state index in [1.807, 2.05) is 6.92 Å². The fourth-order valence-electron chi connectivity index (χ4n) is 1.52. The van der Waals surface area contributed by atoms with Gasteiger partial charge in [-0.05, 0) is 25.0 Å². The zero-order chi connectivity index (χ0) is 13.4. The van der Waals surface area contributed by atoms with Gasteiger partial charge in [0.25, 0.3) is 5.91 Å². The molecule has 1 atom stereocenters. The minimum absolute atomic E-state index is 0.120. The summed E-state index contributed by atoms with van der Waals surface area (Å²) in [6.07, 6.45) is 1.82. The van der Waals surface area contributed by atoms with Crippen molar-refractivity contribution in [3.8, 4) is 5.75 Å². The highest BCUT2D eigenvalue weighted by molar-refractivity contribution is 5.81. The first-order valence-electron chi connectivity index (χ1n) is 6.37. The lowest BCUT2D eigenvalue weighted by Gasteiger charge is -2.17. The van der Waals surface area contributed by atoms with Gasteiger partial charge in [0.1, 0.15) is 0 Å². The monoisotopic (exact) mass is 253 g/mol. The summed E-state index contributed by atoms with van der Waals surface area (Å²) in [6.45, 7) is 4.52. The molecule has 1 N–H and O–H groups in total. The second kappa shape index (κ2) is 7.69. The van der Waals surface area contributed by atoms with Crippen molar-refractivity contribution in [1.29, 1.82) is 0 Å². The number of carbonyl (C=O) groups is 1. The summed E-state index contributed by atoms with van der Waals surface area (Å²) in [6, 6.07) is 6.11. The molecule has 1 amide bonds. The van der Waals surface area contributed by atoms with E-state index < -0.39 is 11.9 Å². The molecule has 0 aliphatic rings. The molecule has 0 aromatic heterocycles. The number of rotatable bonds is 7. The SMILES string of the molecule is CCCCNC(=O)[C@@H](CC)Oc1ccccc1F. The molecule has 0 spiro atoms. The highest BCUT2D eigenvalue weighted by atomic mass is 19.1. The molecule has 1 rings (SSSR count). The van der Waals surface area contributed by atoms with Crippen molar-refractivity contribution in [3.05, 3.63) is 30.1 Å². The third-order valence-electron chi connectivity index (χ3n) is 2.60. The maximum absolute atomic E-state index is 13.4. The maximum atomic E-state index is 13.4. The minimum atomic E-state index is -0.640. The maximum Gasteiger partial charge on any atom is 0.261 e. The second-order valence-corrected chi connectivity index (χ2v) is 4.09. The Morgan fingerprint density at radius 2 is 2.11 bits per heavy atom. The third-order valence-corrected chi connectivity index (χ3v) is 2.60. The summed E-state index contributed by atoms with van der Waals surface area (Å²) in [5.74, 6) is -0.512. The van der Waals surface area contributed by atoms with Gasteiger partial charge in [0.15, 0.2) is 17.7 Å². The first-order valence-corrected chi connectivity index (χ1v) is 6.37. The predicted octanol–water partition coefficient (Wildman–Crippen LogP) is 2.90. The molecule has 3 nitrogen and oxygen atoms in total. The molecule has 0 unspecified atom stereocenters. The van der Waals surface area contributed by atoms with Crippen LogP contribution in [0.3, 0.4) is 0 Å². The number of carbonyl (C=O) groups excluding carboxylic acids is 1. The lowest BCUT2D eigenvalue weighted by Crippen LogP contribution is -2.38. The van der Waals surface area contributed by atoms with E-state index in [9.17, 15) is 9.18 Å². The Bertz CT molecular complexity index is 382. The number of hydrogen-bond acceptors (Lipinski definition) is 2. The molecule has 0 saturated heterocycles. The fraction of sp³-hybridized carbons (Fsp3) is 0.500. The first kappa shape index (κ1) is 14.5. The molecule has 1 aromatic rings. The van der Waals surface area contributed by atoms with Crippen LogP contribution in [0.15, 0.2) is 24.3 Å². The Balaban J connectivity index is 2.56. The summed E-state index contributed by atoms with van der Waals surface area (Å²) in [7, 11) is 0. The number of unbranched alkanes of at least 4 members (excludes halogenated alkanes) is 1. The number of halogens is 1. The Labute approximate surface area is 107 Å². The smallest absolute Gasteiger partial charge is 0.261 e. The van der Waals surface area contributed by atoms with Crippen LogP contribution in [-0.2, 0) is 4.79 Å². The zero-order valence-electron chi connectivity index (χ0n) is 10.9. The van der Waals surface area contributed by atoms with Gasteiger partial charge in [-0.1, -0.05) is 32.4 Å². The van der Waals surface area contributed by atoms with E-state index in [-0.39, 0.29) is 11.7 Å². The van der Waals surface area contributed by atoms with Crippen LogP contribution < -0.4 is 10.1 Å². The van der Waals surface area contributed by atoms with Crippen molar-refractivity contribution >= 4 is 5.91 Å². The normalized spacial score (nSPS) is 11.9. The van der Waals surface area contributed by atoms with Gasteiger partial charge >= 0.3 is 0 Å². The highest BCUT2D eigenvalue weighted by Gasteiger charge is 2.18.